The van der Waals surface area contributed by atoms with Crippen LogP contribution in [0.1, 0.15) is 93.1 Å². The summed E-state index contributed by atoms with van der Waals surface area (Å²) in [6, 6.07) is 103. The van der Waals surface area contributed by atoms with E-state index in [2.05, 4.69) is 300 Å². The molecule has 12 aromatic carbocycles. The monoisotopic (exact) mass is 1140 g/mol. The Hall–Kier alpha value is -10.2. The van der Waals surface area contributed by atoms with Crippen molar-refractivity contribution in [2.45, 2.75) is 58.6 Å². The standard InChI is InChI=1S/C83H57N3OS/c1-80(2)59-25-7-11-29-63(59)83(64-30-12-8-26-60(64)80)68-34-16-19-38-74(68)88-75-49-55(45-47-69(75)83)77-57-23-6-17-36-71(57)85-79(86-77)54-41-39-51(40-42-54)50-81(3)61-27-9-13-31-65(61)82(66-32-14-10-28-62(66)81)67-33-15-18-37-73(67)87-78-58(24-20-35-70(78)82)72-48-46-53-44-43-52-21-4-5-22-56(52)76(53)84-72/h4-49H,50H2,1-3H3. The van der Waals surface area contributed by atoms with Gasteiger partial charge in [0, 0.05) is 64.6 Å². The first-order chi connectivity index (χ1) is 43.2. The smallest absolute Gasteiger partial charge is 0.160 e. The quantitative estimate of drug-likeness (QED) is 0.161. The summed E-state index contributed by atoms with van der Waals surface area (Å²) in [6.45, 7) is 7.21. The molecular formula is C83H57N3OS. The molecular weight excluding hydrogens is 1090 g/mol. The fourth-order valence-electron chi connectivity index (χ4n) is 16.3. The average molecular weight is 1140 g/mol. The third kappa shape index (κ3) is 7.02. The molecule has 0 N–H and O–H groups in total. The molecule has 2 aromatic heterocycles. The maximum Gasteiger partial charge on any atom is 0.160 e. The van der Waals surface area contributed by atoms with E-state index < -0.39 is 16.2 Å². The van der Waals surface area contributed by atoms with Gasteiger partial charge in [-0.1, -0.05) is 275 Å². The summed E-state index contributed by atoms with van der Waals surface area (Å²) in [5, 5.41) is 4.45. The van der Waals surface area contributed by atoms with Gasteiger partial charge in [0.25, 0.3) is 0 Å². The SMILES string of the molecule is CC1(C)c2ccccc2C2(c3ccccc3Sc3cc(-c4nc(-c5ccc(CC6(C)c7ccccc7C7(c8ccccc8Oc8c(-c9ccc%10ccc%11ccccc%11c%10n9)cccc87)c7ccccc76)cc5)nc5ccccc45)ccc32)c2ccccc21. The fourth-order valence-corrected chi connectivity index (χ4v) is 17.5. The zero-order valence-electron chi connectivity index (χ0n) is 48.9. The zero-order valence-corrected chi connectivity index (χ0v) is 49.7. The molecule has 0 fully saturated rings. The highest BCUT2D eigenvalue weighted by atomic mass is 32.2. The zero-order chi connectivity index (χ0) is 58.5. The van der Waals surface area contributed by atoms with Gasteiger partial charge in [-0.2, -0.15) is 0 Å². The molecule has 2 spiro atoms. The first-order valence-corrected chi connectivity index (χ1v) is 31.4. The first kappa shape index (κ1) is 51.1. The number of pyridine rings is 1. The van der Waals surface area contributed by atoms with Crippen LogP contribution in [0.2, 0.25) is 0 Å². The number of hydrogen-bond donors (Lipinski definition) is 0. The molecule has 0 radical (unpaired) electrons. The summed E-state index contributed by atoms with van der Waals surface area (Å²) in [6.07, 6.45) is 0.769. The van der Waals surface area contributed by atoms with Crippen molar-refractivity contribution in [2.24, 2.45) is 0 Å². The Bertz CT molecular complexity index is 5180. The lowest BCUT2D eigenvalue weighted by atomic mass is 9.52. The van der Waals surface area contributed by atoms with Crippen molar-refractivity contribution in [3.63, 3.8) is 0 Å². The highest BCUT2D eigenvalue weighted by Gasteiger charge is 2.55. The molecule has 0 saturated carbocycles. The second kappa shape index (κ2) is 18.9. The molecule has 0 bridgehead atoms. The number of hydrogen-bond acceptors (Lipinski definition) is 5. The number of para-hydroxylation sites is 3. The van der Waals surface area contributed by atoms with Crippen LogP contribution in [0.15, 0.2) is 289 Å². The molecule has 5 heteroatoms. The van der Waals surface area contributed by atoms with Crippen LogP contribution in [0.25, 0.3) is 66.5 Å². The van der Waals surface area contributed by atoms with Crippen molar-refractivity contribution in [3.05, 3.63) is 351 Å². The van der Waals surface area contributed by atoms with Crippen LogP contribution in [0, 0.1) is 0 Å². The molecule has 2 aliphatic carbocycles. The van der Waals surface area contributed by atoms with Crippen molar-refractivity contribution >= 4 is 44.3 Å². The molecule has 4 nitrogen and oxygen atoms in total. The van der Waals surface area contributed by atoms with Crippen molar-refractivity contribution in [1.29, 1.82) is 0 Å². The summed E-state index contributed by atoms with van der Waals surface area (Å²) in [4.78, 5) is 18.8. The van der Waals surface area contributed by atoms with E-state index in [1.54, 1.807) is 0 Å². The molecule has 0 atom stereocenters. The van der Waals surface area contributed by atoms with Crippen molar-refractivity contribution in [3.8, 4) is 45.4 Å². The molecule has 2 aliphatic heterocycles. The van der Waals surface area contributed by atoms with E-state index in [4.69, 9.17) is 19.7 Å². The fraction of sp³-hybridized carbons (Fsp3) is 0.0964. The Morgan fingerprint density at radius 2 is 0.909 bits per heavy atom. The highest BCUT2D eigenvalue weighted by Crippen LogP contribution is 2.65. The van der Waals surface area contributed by atoms with Gasteiger partial charge in [-0.3, -0.25) is 0 Å². The Kier molecular flexibility index (Phi) is 11.0. The number of aromatic nitrogens is 3. The minimum absolute atomic E-state index is 0.173. The van der Waals surface area contributed by atoms with Gasteiger partial charge < -0.3 is 4.74 Å². The maximum atomic E-state index is 7.20. The van der Waals surface area contributed by atoms with Gasteiger partial charge >= 0.3 is 0 Å². The molecule has 18 rings (SSSR count). The van der Waals surface area contributed by atoms with Gasteiger partial charge in [-0.25, -0.2) is 15.0 Å². The molecule has 0 saturated heterocycles. The van der Waals surface area contributed by atoms with E-state index >= 15 is 0 Å². The second-order valence-corrected chi connectivity index (χ2v) is 26.2. The first-order valence-electron chi connectivity index (χ1n) is 30.6. The lowest BCUT2D eigenvalue weighted by Crippen LogP contribution is -2.45. The number of nitrogens with zero attached hydrogens (tertiary/aromatic N) is 3. The van der Waals surface area contributed by atoms with Gasteiger partial charge in [-0.15, -0.1) is 0 Å². The Morgan fingerprint density at radius 1 is 0.375 bits per heavy atom. The third-order valence-electron chi connectivity index (χ3n) is 20.2. The summed E-state index contributed by atoms with van der Waals surface area (Å²) in [5.74, 6) is 2.39. The van der Waals surface area contributed by atoms with Gasteiger partial charge in [0.05, 0.1) is 33.3 Å². The lowest BCUT2D eigenvalue weighted by Gasteiger charge is -2.51. The minimum Gasteiger partial charge on any atom is -0.456 e. The summed E-state index contributed by atoms with van der Waals surface area (Å²) < 4.78 is 7.20. The van der Waals surface area contributed by atoms with E-state index in [0.29, 0.717) is 5.82 Å². The van der Waals surface area contributed by atoms with Crippen LogP contribution >= 0.6 is 11.8 Å². The highest BCUT2D eigenvalue weighted by molar-refractivity contribution is 7.99. The van der Waals surface area contributed by atoms with Crippen LogP contribution in [0.5, 0.6) is 11.5 Å². The number of fused-ring (bicyclic) bond motifs is 20. The summed E-state index contributed by atoms with van der Waals surface area (Å²) in [7, 11) is 0. The molecule has 14 aromatic rings. The topological polar surface area (TPSA) is 47.9 Å². The Morgan fingerprint density at radius 3 is 1.64 bits per heavy atom. The molecule has 4 heterocycles. The Balaban J connectivity index is 0.737. The Labute approximate surface area is 516 Å². The number of ether oxygens (including phenoxy) is 1. The normalized spacial score (nSPS) is 15.4. The van der Waals surface area contributed by atoms with E-state index in [0.717, 1.165) is 84.3 Å². The third-order valence-corrected chi connectivity index (χ3v) is 21.3. The lowest BCUT2D eigenvalue weighted by molar-refractivity contribution is 0.422. The van der Waals surface area contributed by atoms with E-state index in [-0.39, 0.29) is 5.41 Å². The summed E-state index contributed by atoms with van der Waals surface area (Å²) >= 11 is 1.87. The van der Waals surface area contributed by atoms with Gasteiger partial charge in [0.15, 0.2) is 5.82 Å². The number of rotatable bonds is 5. The second-order valence-electron chi connectivity index (χ2n) is 25.1. The maximum absolute atomic E-state index is 7.20. The molecule has 4 aliphatic rings. The minimum atomic E-state index is -0.696. The van der Waals surface area contributed by atoms with Gasteiger partial charge in [0.1, 0.15) is 11.5 Å². The van der Waals surface area contributed by atoms with Gasteiger partial charge in [-0.05, 0) is 109 Å². The van der Waals surface area contributed by atoms with Crippen LogP contribution in [0.4, 0.5) is 0 Å². The largest absolute Gasteiger partial charge is 0.456 e. The summed E-state index contributed by atoms with van der Waals surface area (Å²) in [5.41, 5.74) is 21.6. The van der Waals surface area contributed by atoms with Crippen LogP contribution < -0.4 is 4.74 Å². The van der Waals surface area contributed by atoms with Crippen LogP contribution in [0.3, 0.4) is 0 Å². The van der Waals surface area contributed by atoms with Gasteiger partial charge in [0.2, 0.25) is 0 Å². The van der Waals surface area contributed by atoms with Crippen LogP contribution in [-0.2, 0) is 28.1 Å². The van der Waals surface area contributed by atoms with E-state index in [9.17, 15) is 0 Å². The predicted octanol–water partition coefficient (Wildman–Crippen LogP) is 20.2. The molecule has 416 valence electrons. The predicted molar refractivity (Wildman–Crippen MR) is 358 cm³/mol. The van der Waals surface area contributed by atoms with E-state index in [1.165, 1.54) is 76.4 Å². The van der Waals surface area contributed by atoms with Crippen molar-refractivity contribution in [1.82, 2.24) is 15.0 Å². The molecule has 0 amide bonds. The van der Waals surface area contributed by atoms with E-state index in [1.807, 2.05) is 11.8 Å². The molecule has 0 unspecified atom stereocenters. The average Bonchev–Trinajstić information content (AvgIpc) is 0.754. The number of benzene rings is 12. The van der Waals surface area contributed by atoms with Crippen LogP contribution in [-0.4, -0.2) is 15.0 Å². The van der Waals surface area contributed by atoms with Crippen molar-refractivity contribution in [2.75, 3.05) is 0 Å². The molecule has 88 heavy (non-hydrogen) atoms. The van der Waals surface area contributed by atoms with Crippen molar-refractivity contribution < 1.29 is 4.74 Å².